The molecule has 0 bridgehead atoms. The van der Waals surface area contributed by atoms with Crippen molar-refractivity contribution in [1.82, 2.24) is 10.2 Å². The van der Waals surface area contributed by atoms with Crippen LogP contribution in [0.15, 0.2) is 12.1 Å². The summed E-state index contributed by atoms with van der Waals surface area (Å²) in [6.45, 7) is 9.90. The minimum atomic E-state index is 0.962. The van der Waals surface area contributed by atoms with E-state index in [2.05, 4.69) is 36.2 Å². The van der Waals surface area contributed by atoms with Gasteiger partial charge in [0.1, 0.15) is 5.75 Å². The molecule has 17 heavy (non-hydrogen) atoms. The van der Waals surface area contributed by atoms with Crippen LogP contribution in [-0.4, -0.2) is 38.2 Å². The first-order chi connectivity index (χ1) is 8.20. The van der Waals surface area contributed by atoms with Gasteiger partial charge in [0.15, 0.2) is 0 Å². The quantitative estimate of drug-likeness (QED) is 0.862. The lowest BCUT2D eigenvalue weighted by Gasteiger charge is -2.28. The highest BCUT2D eigenvalue weighted by Crippen LogP contribution is 2.23. The fraction of sp³-hybridized carbons (Fsp3) is 0.571. The second-order valence-corrected chi connectivity index (χ2v) is 4.77. The minimum absolute atomic E-state index is 0.962. The number of nitrogens with zero attached hydrogens (tertiary/aromatic N) is 1. The number of hydrogen-bond donors (Lipinski definition) is 1. The second-order valence-electron chi connectivity index (χ2n) is 4.77. The van der Waals surface area contributed by atoms with Crippen molar-refractivity contribution in [2.24, 2.45) is 0 Å². The van der Waals surface area contributed by atoms with E-state index in [-0.39, 0.29) is 0 Å². The zero-order chi connectivity index (χ0) is 12.3. The Kier molecular flexibility index (Phi) is 4.02. The third kappa shape index (κ3) is 2.99. The highest BCUT2D eigenvalue weighted by molar-refractivity contribution is 5.41. The van der Waals surface area contributed by atoms with Crippen molar-refractivity contribution in [3.05, 3.63) is 28.8 Å². The van der Waals surface area contributed by atoms with Crippen molar-refractivity contribution in [2.45, 2.75) is 20.4 Å². The molecular formula is C14H22N2O. The van der Waals surface area contributed by atoms with Gasteiger partial charge in [-0.25, -0.2) is 0 Å². The topological polar surface area (TPSA) is 24.5 Å². The highest BCUT2D eigenvalue weighted by Gasteiger charge is 2.13. The normalized spacial score (nSPS) is 17.1. The molecule has 0 aromatic heterocycles. The molecule has 1 aromatic carbocycles. The molecule has 1 aliphatic rings. The Morgan fingerprint density at radius 1 is 1.18 bits per heavy atom. The van der Waals surface area contributed by atoms with Crippen LogP contribution >= 0.6 is 0 Å². The Morgan fingerprint density at radius 2 is 1.76 bits per heavy atom. The Hall–Kier alpha value is -1.06. The van der Waals surface area contributed by atoms with Gasteiger partial charge in [0.2, 0.25) is 0 Å². The Bertz CT molecular complexity index is 361. The van der Waals surface area contributed by atoms with Gasteiger partial charge in [-0.05, 0) is 42.7 Å². The van der Waals surface area contributed by atoms with Gasteiger partial charge < -0.3 is 10.1 Å². The van der Waals surface area contributed by atoms with Crippen molar-refractivity contribution in [1.29, 1.82) is 0 Å². The molecule has 3 nitrogen and oxygen atoms in total. The van der Waals surface area contributed by atoms with Crippen LogP contribution in [0.5, 0.6) is 5.75 Å². The minimum Gasteiger partial charge on any atom is -0.497 e. The Morgan fingerprint density at radius 3 is 2.29 bits per heavy atom. The van der Waals surface area contributed by atoms with Crippen LogP contribution in [0.25, 0.3) is 0 Å². The molecule has 1 aromatic rings. The molecular weight excluding hydrogens is 212 g/mol. The lowest BCUT2D eigenvalue weighted by atomic mass is 10.0. The largest absolute Gasteiger partial charge is 0.497 e. The number of piperazine rings is 1. The third-order valence-corrected chi connectivity index (χ3v) is 3.50. The first-order valence-electron chi connectivity index (χ1n) is 6.28. The summed E-state index contributed by atoms with van der Waals surface area (Å²) in [7, 11) is 1.73. The molecule has 0 spiro atoms. The highest BCUT2D eigenvalue weighted by atomic mass is 16.5. The number of aryl methyl sites for hydroxylation is 2. The van der Waals surface area contributed by atoms with E-state index < -0.39 is 0 Å². The van der Waals surface area contributed by atoms with Crippen LogP contribution < -0.4 is 10.1 Å². The van der Waals surface area contributed by atoms with E-state index in [1.54, 1.807) is 7.11 Å². The van der Waals surface area contributed by atoms with Crippen LogP contribution in [0.3, 0.4) is 0 Å². The van der Waals surface area contributed by atoms with E-state index in [0.717, 1.165) is 38.5 Å². The predicted molar refractivity (Wildman–Crippen MR) is 70.6 cm³/mol. The molecule has 1 N–H and O–H groups in total. The van der Waals surface area contributed by atoms with Crippen LogP contribution in [0.1, 0.15) is 16.7 Å². The molecule has 2 rings (SSSR count). The lowest BCUT2D eigenvalue weighted by molar-refractivity contribution is 0.232. The molecule has 0 aliphatic carbocycles. The van der Waals surface area contributed by atoms with E-state index >= 15 is 0 Å². The van der Waals surface area contributed by atoms with Crippen molar-refractivity contribution < 1.29 is 4.74 Å². The summed E-state index contributed by atoms with van der Waals surface area (Å²) in [6, 6.07) is 4.26. The Labute approximate surface area is 104 Å². The molecule has 0 unspecified atom stereocenters. The van der Waals surface area contributed by atoms with Gasteiger partial charge in [0.05, 0.1) is 7.11 Å². The molecule has 3 heteroatoms. The molecule has 1 aliphatic heterocycles. The fourth-order valence-corrected chi connectivity index (χ4v) is 2.41. The zero-order valence-corrected chi connectivity index (χ0v) is 11.0. The number of hydrogen-bond acceptors (Lipinski definition) is 3. The molecule has 1 fully saturated rings. The summed E-state index contributed by atoms with van der Waals surface area (Å²) < 4.78 is 5.30. The summed E-state index contributed by atoms with van der Waals surface area (Å²) in [5.41, 5.74) is 4.12. The molecule has 0 atom stereocenters. The third-order valence-electron chi connectivity index (χ3n) is 3.50. The molecule has 0 amide bonds. The summed E-state index contributed by atoms with van der Waals surface area (Å²) in [5.74, 6) is 0.962. The number of methoxy groups -OCH3 is 1. The average Bonchev–Trinajstić information content (AvgIpc) is 2.35. The van der Waals surface area contributed by atoms with Gasteiger partial charge in [-0.3, -0.25) is 4.90 Å². The zero-order valence-electron chi connectivity index (χ0n) is 11.0. The number of ether oxygens (including phenoxy) is 1. The predicted octanol–water partition coefficient (Wildman–Crippen LogP) is 1.72. The number of nitrogens with one attached hydrogen (secondary N) is 1. The van der Waals surface area contributed by atoms with Crippen LogP contribution in [-0.2, 0) is 6.54 Å². The summed E-state index contributed by atoms with van der Waals surface area (Å²) in [5, 5.41) is 3.39. The van der Waals surface area contributed by atoms with Crippen molar-refractivity contribution in [2.75, 3.05) is 33.3 Å². The summed E-state index contributed by atoms with van der Waals surface area (Å²) in [4.78, 5) is 2.51. The van der Waals surface area contributed by atoms with Crippen molar-refractivity contribution in [3.8, 4) is 5.75 Å². The van der Waals surface area contributed by atoms with E-state index in [4.69, 9.17) is 4.74 Å². The Balaban J connectivity index is 2.14. The van der Waals surface area contributed by atoms with E-state index in [1.165, 1.54) is 16.7 Å². The molecule has 1 saturated heterocycles. The van der Waals surface area contributed by atoms with Gasteiger partial charge in [-0.15, -0.1) is 0 Å². The van der Waals surface area contributed by atoms with Crippen LogP contribution in [0.4, 0.5) is 0 Å². The van der Waals surface area contributed by atoms with Gasteiger partial charge in [0.25, 0.3) is 0 Å². The lowest BCUT2D eigenvalue weighted by Crippen LogP contribution is -2.43. The second kappa shape index (κ2) is 5.52. The average molecular weight is 234 g/mol. The monoisotopic (exact) mass is 234 g/mol. The van der Waals surface area contributed by atoms with E-state index in [1.807, 2.05) is 0 Å². The van der Waals surface area contributed by atoms with Crippen LogP contribution in [0.2, 0.25) is 0 Å². The molecule has 94 valence electrons. The van der Waals surface area contributed by atoms with Gasteiger partial charge in [-0.1, -0.05) is 0 Å². The van der Waals surface area contributed by atoms with E-state index in [0.29, 0.717) is 0 Å². The smallest absolute Gasteiger partial charge is 0.119 e. The van der Waals surface area contributed by atoms with Crippen molar-refractivity contribution in [3.63, 3.8) is 0 Å². The maximum atomic E-state index is 5.30. The van der Waals surface area contributed by atoms with Crippen molar-refractivity contribution >= 4 is 0 Å². The summed E-state index contributed by atoms with van der Waals surface area (Å²) in [6.07, 6.45) is 0. The molecule has 1 heterocycles. The first kappa shape index (κ1) is 12.4. The molecule has 0 radical (unpaired) electrons. The number of benzene rings is 1. The van der Waals surface area contributed by atoms with Gasteiger partial charge in [0, 0.05) is 32.7 Å². The van der Waals surface area contributed by atoms with Crippen LogP contribution in [0, 0.1) is 13.8 Å². The van der Waals surface area contributed by atoms with Gasteiger partial charge >= 0.3 is 0 Å². The maximum Gasteiger partial charge on any atom is 0.119 e. The standard InChI is InChI=1S/C14H22N2O/c1-11-8-13(17-3)9-12(2)14(11)10-16-6-4-15-5-7-16/h8-9,15H,4-7,10H2,1-3H3. The number of rotatable bonds is 3. The maximum absolute atomic E-state index is 5.30. The summed E-state index contributed by atoms with van der Waals surface area (Å²) >= 11 is 0. The molecule has 0 saturated carbocycles. The SMILES string of the molecule is COc1cc(C)c(CN2CCNCC2)c(C)c1. The first-order valence-corrected chi connectivity index (χ1v) is 6.28. The van der Waals surface area contributed by atoms with E-state index in [9.17, 15) is 0 Å². The van der Waals surface area contributed by atoms with Gasteiger partial charge in [-0.2, -0.15) is 0 Å². The fourth-order valence-electron chi connectivity index (χ4n) is 2.41.